The van der Waals surface area contributed by atoms with Crippen molar-refractivity contribution in [1.82, 2.24) is 24.6 Å². The molecule has 2 aromatic heterocycles. The van der Waals surface area contributed by atoms with Crippen LogP contribution in [-0.4, -0.2) is 38.3 Å². The second-order valence-electron chi connectivity index (χ2n) is 7.86. The third-order valence-electron chi connectivity index (χ3n) is 5.54. The van der Waals surface area contributed by atoms with Gasteiger partial charge in [-0.3, -0.25) is 9.69 Å². The highest BCUT2D eigenvalue weighted by atomic mass is 16.5. The van der Waals surface area contributed by atoms with E-state index in [1.54, 1.807) is 7.11 Å². The van der Waals surface area contributed by atoms with Crippen molar-refractivity contribution in [2.24, 2.45) is 0 Å². The SMILES string of the molecule is COc1ccc(-n2ncc(CN3CCc4nc(C(C)C)[nH]c(=O)c4C3)c2C)cc1. The zero-order valence-corrected chi connectivity index (χ0v) is 17.4. The normalized spacial score (nSPS) is 14.2. The highest BCUT2D eigenvalue weighted by molar-refractivity contribution is 5.39. The van der Waals surface area contributed by atoms with Gasteiger partial charge in [-0.15, -0.1) is 0 Å². The minimum absolute atomic E-state index is 0.00551. The molecule has 1 aliphatic heterocycles. The summed E-state index contributed by atoms with van der Waals surface area (Å²) in [5, 5.41) is 4.57. The zero-order chi connectivity index (χ0) is 20.5. The van der Waals surface area contributed by atoms with E-state index in [1.807, 2.05) is 49.0 Å². The average molecular weight is 393 g/mol. The van der Waals surface area contributed by atoms with E-state index >= 15 is 0 Å². The minimum Gasteiger partial charge on any atom is -0.497 e. The Bertz CT molecular complexity index is 1070. The summed E-state index contributed by atoms with van der Waals surface area (Å²) < 4.78 is 7.17. The molecule has 0 atom stereocenters. The van der Waals surface area contributed by atoms with Gasteiger partial charge in [-0.1, -0.05) is 13.8 Å². The van der Waals surface area contributed by atoms with E-state index in [4.69, 9.17) is 4.74 Å². The quantitative estimate of drug-likeness (QED) is 0.721. The molecular weight excluding hydrogens is 366 g/mol. The molecule has 0 radical (unpaired) electrons. The Morgan fingerprint density at radius 1 is 1.24 bits per heavy atom. The molecule has 1 N–H and O–H groups in total. The van der Waals surface area contributed by atoms with E-state index in [0.717, 1.165) is 59.3 Å². The molecular formula is C22H27N5O2. The molecule has 0 saturated carbocycles. The lowest BCUT2D eigenvalue weighted by Gasteiger charge is -2.27. The molecule has 152 valence electrons. The number of nitrogens with zero attached hydrogens (tertiary/aromatic N) is 4. The van der Waals surface area contributed by atoms with Crippen LogP contribution >= 0.6 is 0 Å². The summed E-state index contributed by atoms with van der Waals surface area (Å²) in [6, 6.07) is 7.86. The molecule has 29 heavy (non-hydrogen) atoms. The van der Waals surface area contributed by atoms with E-state index in [2.05, 4.69) is 26.9 Å². The number of fused-ring (bicyclic) bond motifs is 1. The first-order valence-corrected chi connectivity index (χ1v) is 9.98. The minimum atomic E-state index is -0.00551. The third-order valence-corrected chi connectivity index (χ3v) is 5.54. The van der Waals surface area contributed by atoms with Crippen molar-refractivity contribution in [2.45, 2.75) is 46.2 Å². The van der Waals surface area contributed by atoms with E-state index in [-0.39, 0.29) is 11.5 Å². The van der Waals surface area contributed by atoms with Crippen LogP contribution in [0.5, 0.6) is 5.75 Å². The fraction of sp³-hybridized carbons (Fsp3) is 0.409. The molecule has 4 rings (SSSR count). The van der Waals surface area contributed by atoms with Crippen LogP contribution in [0.25, 0.3) is 5.69 Å². The largest absolute Gasteiger partial charge is 0.497 e. The van der Waals surface area contributed by atoms with Crippen molar-refractivity contribution in [3.05, 3.63) is 69.2 Å². The Kier molecular flexibility index (Phi) is 5.24. The molecule has 0 unspecified atom stereocenters. The number of H-pyrrole nitrogens is 1. The van der Waals surface area contributed by atoms with Gasteiger partial charge < -0.3 is 9.72 Å². The zero-order valence-electron chi connectivity index (χ0n) is 17.4. The molecule has 0 amide bonds. The van der Waals surface area contributed by atoms with Crippen LogP contribution in [0.4, 0.5) is 0 Å². The number of hydrogen-bond acceptors (Lipinski definition) is 5. The van der Waals surface area contributed by atoms with Gasteiger partial charge in [0.2, 0.25) is 0 Å². The highest BCUT2D eigenvalue weighted by Gasteiger charge is 2.23. The van der Waals surface area contributed by atoms with Gasteiger partial charge in [-0.2, -0.15) is 5.10 Å². The Morgan fingerprint density at radius 2 is 2.00 bits per heavy atom. The maximum atomic E-state index is 12.5. The van der Waals surface area contributed by atoms with Crippen LogP contribution in [-0.2, 0) is 19.5 Å². The average Bonchev–Trinajstić information content (AvgIpc) is 3.08. The smallest absolute Gasteiger partial charge is 0.255 e. The number of methoxy groups -OCH3 is 1. The number of ether oxygens (including phenoxy) is 1. The molecule has 0 aliphatic carbocycles. The molecule has 0 saturated heterocycles. The number of nitrogens with one attached hydrogen (secondary N) is 1. The van der Waals surface area contributed by atoms with Gasteiger partial charge >= 0.3 is 0 Å². The van der Waals surface area contributed by atoms with Gasteiger partial charge in [0.05, 0.1) is 30.3 Å². The summed E-state index contributed by atoms with van der Waals surface area (Å²) in [6.45, 7) is 8.42. The maximum Gasteiger partial charge on any atom is 0.255 e. The van der Waals surface area contributed by atoms with Crippen molar-refractivity contribution in [3.8, 4) is 11.4 Å². The van der Waals surface area contributed by atoms with Crippen LogP contribution in [0.3, 0.4) is 0 Å². The Balaban J connectivity index is 1.52. The summed E-state index contributed by atoms with van der Waals surface area (Å²) in [5.74, 6) is 1.82. The third kappa shape index (κ3) is 3.82. The molecule has 7 heteroatoms. The lowest BCUT2D eigenvalue weighted by atomic mass is 10.1. The number of rotatable bonds is 5. The summed E-state index contributed by atoms with van der Waals surface area (Å²) in [4.78, 5) is 22.5. The summed E-state index contributed by atoms with van der Waals surface area (Å²) in [6.07, 6.45) is 2.71. The van der Waals surface area contributed by atoms with Crippen LogP contribution in [0.15, 0.2) is 35.3 Å². The monoisotopic (exact) mass is 393 g/mol. The predicted molar refractivity (Wildman–Crippen MR) is 112 cm³/mol. The molecule has 3 heterocycles. The Labute approximate surface area is 170 Å². The van der Waals surface area contributed by atoms with Gasteiger partial charge in [0, 0.05) is 43.2 Å². The van der Waals surface area contributed by atoms with Crippen LogP contribution in [0.1, 0.15) is 48.1 Å². The molecule has 1 aliphatic rings. The molecule has 7 nitrogen and oxygen atoms in total. The second kappa shape index (κ2) is 7.83. The highest BCUT2D eigenvalue weighted by Crippen LogP contribution is 2.22. The molecule has 3 aromatic rings. The number of hydrogen-bond donors (Lipinski definition) is 1. The lowest BCUT2D eigenvalue weighted by Crippen LogP contribution is -2.36. The summed E-state index contributed by atoms with van der Waals surface area (Å²) >= 11 is 0. The van der Waals surface area contributed by atoms with Gasteiger partial charge in [0.1, 0.15) is 11.6 Å². The number of benzene rings is 1. The van der Waals surface area contributed by atoms with Crippen molar-refractivity contribution in [2.75, 3.05) is 13.7 Å². The molecule has 0 bridgehead atoms. The van der Waals surface area contributed by atoms with Gasteiger partial charge in [-0.05, 0) is 31.2 Å². The summed E-state index contributed by atoms with van der Waals surface area (Å²) in [5.41, 5.74) is 4.99. The van der Waals surface area contributed by atoms with Gasteiger partial charge in [-0.25, -0.2) is 9.67 Å². The predicted octanol–water partition coefficient (Wildman–Crippen LogP) is 2.95. The molecule has 0 fully saturated rings. The van der Waals surface area contributed by atoms with Crippen LogP contribution in [0.2, 0.25) is 0 Å². The fourth-order valence-electron chi connectivity index (χ4n) is 3.73. The van der Waals surface area contributed by atoms with Gasteiger partial charge in [0.25, 0.3) is 5.56 Å². The topological polar surface area (TPSA) is 76.0 Å². The van der Waals surface area contributed by atoms with Crippen molar-refractivity contribution in [3.63, 3.8) is 0 Å². The van der Waals surface area contributed by atoms with E-state index < -0.39 is 0 Å². The van der Waals surface area contributed by atoms with Crippen molar-refractivity contribution < 1.29 is 4.74 Å². The van der Waals surface area contributed by atoms with E-state index in [0.29, 0.717) is 6.54 Å². The number of aromatic nitrogens is 4. The lowest BCUT2D eigenvalue weighted by molar-refractivity contribution is 0.241. The first kappa shape index (κ1) is 19.4. The Hall–Kier alpha value is -2.93. The molecule has 1 aromatic carbocycles. The summed E-state index contributed by atoms with van der Waals surface area (Å²) in [7, 11) is 1.66. The standard InChI is InChI=1S/C22H27N5O2/c1-14(2)21-24-20-9-10-26(13-19(20)22(28)25-21)12-16-11-23-27(15(16)3)17-5-7-18(29-4)8-6-17/h5-8,11,14H,9-10,12-13H2,1-4H3,(H,24,25,28). The first-order chi connectivity index (χ1) is 14.0. The van der Waals surface area contributed by atoms with Crippen molar-refractivity contribution in [1.29, 1.82) is 0 Å². The second-order valence-corrected chi connectivity index (χ2v) is 7.86. The Morgan fingerprint density at radius 3 is 2.69 bits per heavy atom. The van der Waals surface area contributed by atoms with Crippen molar-refractivity contribution >= 4 is 0 Å². The van der Waals surface area contributed by atoms with Crippen LogP contribution < -0.4 is 10.3 Å². The first-order valence-electron chi connectivity index (χ1n) is 9.98. The van der Waals surface area contributed by atoms with Crippen LogP contribution in [0, 0.1) is 6.92 Å². The van der Waals surface area contributed by atoms with Gasteiger partial charge in [0.15, 0.2) is 0 Å². The maximum absolute atomic E-state index is 12.5. The molecule has 0 spiro atoms. The van der Waals surface area contributed by atoms with E-state index in [1.165, 1.54) is 0 Å². The fourth-order valence-corrected chi connectivity index (χ4v) is 3.73. The van der Waals surface area contributed by atoms with E-state index in [9.17, 15) is 4.79 Å². The number of aromatic amines is 1.